The lowest BCUT2D eigenvalue weighted by Crippen LogP contribution is -2.28. The molecule has 0 unspecified atom stereocenters. The lowest BCUT2D eigenvalue weighted by molar-refractivity contribution is -0.148. The number of nitrogens with two attached hydrogens (primary N) is 1. The fourth-order valence-electron chi connectivity index (χ4n) is 0.774. The van der Waals surface area contributed by atoms with E-state index in [-0.39, 0.29) is 25.2 Å². The number of rotatable bonds is 8. The highest BCUT2D eigenvalue weighted by Gasteiger charge is 2.10. The molecule has 0 aromatic carbocycles. The van der Waals surface area contributed by atoms with Gasteiger partial charge < -0.3 is 14.7 Å². The quantitative estimate of drug-likeness (QED) is 0.228. The van der Waals surface area contributed by atoms with Crippen LogP contribution in [0, 0.1) is 0 Å². The summed E-state index contributed by atoms with van der Waals surface area (Å²) in [7, 11) is 3.08. The molecule has 0 radical (unpaired) electrons. The van der Waals surface area contributed by atoms with E-state index in [1.54, 1.807) is 25.8 Å². The van der Waals surface area contributed by atoms with E-state index in [0.717, 1.165) is 11.1 Å². The third-order valence-corrected chi connectivity index (χ3v) is 3.09. The van der Waals surface area contributed by atoms with Gasteiger partial charge in [0.15, 0.2) is 0 Å². The molecular weight excluding hydrogens is 264 g/mol. The Kier molecular flexibility index (Phi) is 9.33. The molecule has 2 N–H and O–H groups in total. The number of hydrogen-bond donors (Lipinski definition) is 1. The number of nitrogens with zero attached hydrogens (tertiary/aromatic N) is 1. The Morgan fingerprint density at radius 3 is 2.53 bits per heavy atom. The Hall–Kier alpha value is -0.440. The van der Waals surface area contributed by atoms with Crippen molar-refractivity contribution in [2.45, 2.75) is 20.0 Å². The number of ether oxygens (including phenoxy) is 1. The molecule has 6 nitrogen and oxygen atoms in total. The van der Waals surface area contributed by atoms with Gasteiger partial charge in [-0.25, -0.2) is 4.79 Å². The summed E-state index contributed by atoms with van der Waals surface area (Å²) in [6.45, 7) is 3.67. The third kappa shape index (κ3) is 10.4. The summed E-state index contributed by atoms with van der Waals surface area (Å²) >= 11 is 0.949. The molecule has 8 heteroatoms. The molecule has 0 aliphatic rings. The molecular formula is C9H18N2O4S2. The van der Waals surface area contributed by atoms with Crippen LogP contribution < -0.4 is 5.73 Å². The van der Waals surface area contributed by atoms with Crippen LogP contribution in [0.15, 0.2) is 0 Å². The normalized spacial score (nSPS) is 10.7. The van der Waals surface area contributed by atoms with E-state index in [2.05, 4.69) is 4.18 Å². The van der Waals surface area contributed by atoms with Crippen LogP contribution in [0.4, 0.5) is 0 Å². The predicted molar refractivity (Wildman–Crippen MR) is 69.1 cm³/mol. The van der Waals surface area contributed by atoms with Gasteiger partial charge in [0.05, 0.1) is 25.1 Å². The van der Waals surface area contributed by atoms with Gasteiger partial charge in [-0.1, -0.05) is 0 Å². The molecule has 0 saturated carbocycles. The second-order valence-electron chi connectivity index (χ2n) is 3.53. The van der Waals surface area contributed by atoms with E-state index in [0.29, 0.717) is 5.88 Å². The minimum Gasteiger partial charge on any atom is -0.462 e. The van der Waals surface area contributed by atoms with Crippen LogP contribution in [-0.4, -0.2) is 49.0 Å². The van der Waals surface area contributed by atoms with Crippen LogP contribution in [0.5, 0.6) is 0 Å². The molecule has 0 bridgehead atoms. The number of likely N-dealkylation sites (N-methyl/N-ethyl adjacent to an activating group) is 1. The highest BCUT2D eigenvalue weighted by molar-refractivity contribution is 8.75. The van der Waals surface area contributed by atoms with Crippen molar-refractivity contribution in [3.05, 3.63) is 0 Å². The topological polar surface area (TPSA) is 81.9 Å². The Balaban J connectivity index is 3.55. The van der Waals surface area contributed by atoms with E-state index < -0.39 is 5.97 Å². The lowest BCUT2D eigenvalue weighted by atomic mass is 10.5. The second-order valence-corrected chi connectivity index (χ2v) is 5.44. The summed E-state index contributed by atoms with van der Waals surface area (Å²) < 4.78 is 9.67. The Morgan fingerprint density at radius 1 is 1.35 bits per heavy atom. The van der Waals surface area contributed by atoms with Crippen LogP contribution in [0.1, 0.15) is 13.8 Å². The maximum Gasteiger partial charge on any atom is 0.332 e. The second kappa shape index (κ2) is 9.58. The Bertz CT molecular complexity index is 251. The number of hydrogen-bond acceptors (Lipinski definition) is 8. The van der Waals surface area contributed by atoms with Crippen molar-refractivity contribution < 1.29 is 18.5 Å². The highest BCUT2D eigenvalue weighted by atomic mass is 33.1. The maximum absolute atomic E-state index is 11.3. The summed E-state index contributed by atoms with van der Waals surface area (Å²) in [6.07, 6.45) is -0.108. The minimum absolute atomic E-state index is 0.108. The molecule has 0 fully saturated rings. The van der Waals surface area contributed by atoms with Gasteiger partial charge in [0.25, 0.3) is 0 Å². The van der Waals surface area contributed by atoms with Crippen molar-refractivity contribution in [3.8, 4) is 0 Å². The first-order valence-electron chi connectivity index (χ1n) is 5.02. The molecule has 0 heterocycles. The smallest absolute Gasteiger partial charge is 0.332 e. The van der Waals surface area contributed by atoms with Gasteiger partial charge in [-0.2, -0.15) is 0 Å². The number of carbonyl (C=O) groups excluding carboxylic acids is 2. The van der Waals surface area contributed by atoms with E-state index in [4.69, 9.17) is 10.5 Å². The van der Waals surface area contributed by atoms with Crippen LogP contribution in [-0.2, 0) is 18.5 Å². The summed E-state index contributed by atoms with van der Waals surface area (Å²) in [5.74, 6) is -0.202. The molecule has 0 aliphatic heterocycles. The van der Waals surface area contributed by atoms with Crippen molar-refractivity contribution in [1.82, 2.24) is 4.90 Å². The van der Waals surface area contributed by atoms with E-state index in [9.17, 15) is 9.59 Å². The lowest BCUT2D eigenvalue weighted by Gasteiger charge is -2.15. The van der Waals surface area contributed by atoms with Gasteiger partial charge in [0.1, 0.15) is 11.1 Å². The standard InChI is InChI=1S/C9H18N2O4S2/c1-7(2)14-9(13)5-11(3)6-16-17-15-8(12)4-10/h7H,4-6,10H2,1-3H3. The van der Waals surface area contributed by atoms with Gasteiger partial charge in [0.2, 0.25) is 0 Å². The zero-order valence-corrected chi connectivity index (χ0v) is 11.8. The number of esters is 1. The number of carbonyl (C=O) groups is 2. The molecule has 100 valence electrons. The predicted octanol–water partition coefficient (Wildman–Crippen LogP) is 0.626. The Labute approximate surface area is 109 Å². The van der Waals surface area contributed by atoms with Crippen molar-refractivity contribution >= 4 is 33.8 Å². The maximum atomic E-state index is 11.3. The molecule has 0 atom stereocenters. The largest absolute Gasteiger partial charge is 0.462 e. The highest BCUT2D eigenvalue weighted by Crippen LogP contribution is 2.22. The van der Waals surface area contributed by atoms with E-state index in [1.165, 1.54) is 10.8 Å². The van der Waals surface area contributed by atoms with Crippen LogP contribution in [0.2, 0.25) is 0 Å². The molecule has 0 saturated heterocycles. The Morgan fingerprint density at radius 2 is 2.00 bits per heavy atom. The zero-order chi connectivity index (χ0) is 13.3. The SMILES string of the molecule is CC(C)OC(=O)CN(C)CSSOC(=O)CN. The summed E-state index contributed by atoms with van der Waals surface area (Å²) in [5.41, 5.74) is 5.06. The zero-order valence-electron chi connectivity index (χ0n) is 10.2. The molecule has 0 aromatic rings. The average Bonchev–Trinajstić information content (AvgIpc) is 2.22. The first-order chi connectivity index (χ1) is 7.95. The van der Waals surface area contributed by atoms with Crippen LogP contribution >= 0.6 is 21.9 Å². The fraction of sp³-hybridized carbons (Fsp3) is 0.778. The molecule has 0 amide bonds. The monoisotopic (exact) mass is 282 g/mol. The third-order valence-electron chi connectivity index (χ3n) is 1.38. The van der Waals surface area contributed by atoms with Crippen molar-refractivity contribution in [2.24, 2.45) is 5.73 Å². The van der Waals surface area contributed by atoms with E-state index >= 15 is 0 Å². The summed E-state index contributed by atoms with van der Waals surface area (Å²) in [6, 6.07) is 0. The molecule has 0 spiro atoms. The first-order valence-corrected chi connectivity index (χ1v) is 7.27. The van der Waals surface area contributed by atoms with Gasteiger partial charge in [0, 0.05) is 0 Å². The molecule has 17 heavy (non-hydrogen) atoms. The van der Waals surface area contributed by atoms with Crippen molar-refractivity contribution in [3.63, 3.8) is 0 Å². The van der Waals surface area contributed by atoms with Crippen LogP contribution in [0.25, 0.3) is 0 Å². The average molecular weight is 282 g/mol. The molecule has 0 rings (SSSR count). The molecule has 0 aromatic heterocycles. The van der Waals surface area contributed by atoms with Crippen LogP contribution in [0.3, 0.4) is 0 Å². The van der Waals surface area contributed by atoms with Crippen molar-refractivity contribution in [2.75, 3.05) is 26.0 Å². The van der Waals surface area contributed by atoms with Gasteiger partial charge in [-0.05, 0) is 31.7 Å². The van der Waals surface area contributed by atoms with Gasteiger partial charge in [-0.15, -0.1) is 0 Å². The fourth-order valence-corrected chi connectivity index (χ4v) is 2.32. The molecule has 0 aliphatic carbocycles. The summed E-state index contributed by atoms with van der Waals surface area (Å²) in [4.78, 5) is 23.7. The summed E-state index contributed by atoms with van der Waals surface area (Å²) in [5, 5.41) is 0. The van der Waals surface area contributed by atoms with Gasteiger partial charge >= 0.3 is 11.9 Å². The van der Waals surface area contributed by atoms with Gasteiger partial charge in [-0.3, -0.25) is 9.69 Å². The van der Waals surface area contributed by atoms with Crippen molar-refractivity contribution in [1.29, 1.82) is 0 Å². The first kappa shape index (κ1) is 16.6. The minimum atomic E-state index is -0.468. The van der Waals surface area contributed by atoms with E-state index in [1.807, 2.05) is 0 Å².